The van der Waals surface area contributed by atoms with Crippen LogP contribution in [0.1, 0.15) is 11.1 Å². The Morgan fingerprint density at radius 1 is 1.12 bits per heavy atom. The zero-order valence-corrected chi connectivity index (χ0v) is 19.5. The molecular weight excluding hydrogens is 458 g/mol. The number of rotatable bonds is 4. The minimum Gasteiger partial charge on any atom is -0.497 e. The van der Waals surface area contributed by atoms with Crippen molar-refractivity contribution in [3.63, 3.8) is 0 Å². The van der Waals surface area contributed by atoms with E-state index in [-0.39, 0.29) is 11.9 Å². The highest BCUT2D eigenvalue weighted by Gasteiger charge is 2.59. The highest BCUT2D eigenvalue weighted by molar-refractivity contribution is 8.01. The Balaban J connectivity index is 1.57. The van der Waals surface area contributed by atoms with Crippen molar-refractivity contribution in [2.45, 2.75) is 11.4 Å². The third kappa shape index (κ3) is 3.61. The molecule has 2 aliphatic rings. The molecule has 0 aliphatic carbocycles. The van der Waals surface area contributed by atoms with E-state index in [1.807, 2.05) is 72.8 Å². The van der Waals surface area contributed by atoms with Gasteiger partial charge in [-0.2, -0.15) is 0 Å². The molecule has 1 N–H and O–H groups in total. The number of fused-ring (bicyclic) bond motifs is 2. The number of urea groups is 1. The molecule has 3 aromatic carbocycles. The number of benzene rings is 3. The Morgan fingerprint density at radius 3 is 2.64 bits per heavy atom. The van der Waals surface area contributed by atoms with Crippen LogP contribution in [-0.4, -0.2) is 36.2 Å². The maximum absolute atomic E-state index is 14.1. The van der Waals surface area contributed by atoms with Crippen molar-refractivity contribution in [2.24, 2.45) is 0 Å². The lowest BCUT2D eigenvalue weighted by Crippen LogP contribution is -2.51. The molecule has 1 saturated heterocycles. The van der Waals surface area contributed by atoms with Gasteiger partial charge in [0.15, 0.2) is 4.87 Å². The monoisotopic (exact) mass is 479 g/mol. The number of anilines is 2. The summed E-state index contributed by atoms with van der Waals surface area (Å²) < 4.78 is 5.46. The molecule has 1 unspecified atom stereocenters. The third-order valence-electron chi connectivity index (χ3n) is 5.96. The lowest BCUT2D eigenvalue weighted by atomic mass is 10.1. The summed E-state index contributed by atoms with van der Waals surface area (Å²) in [4.78, 5) is 29.6. The van der Waals surface area contributed by atoms with Gasteiger partial charge in [0, 0.05) is 28.6 Å². The zero-order valence-electron chi connectivity index (χ0n) is 18.0. The molecule has 3 aromatic rings. The second-order valence-corrected chi connectivity index (χ2v) is 9.50. The highest BCUT2D eigenvalue weighted by Crippen LogP contribution is 2.55. The second-order valence-electron chi connectivity index (χ2n) is 7.81. The predicted molar refractivity (Wildman–Crippen MR) is 132 cm³/mol. The number of nitrogens with zero attached hydrogens (tertiary/aromatic N) is 2. The van der Waals surface area contributed by atoms with Crippen molar-refractivity contribution >= 4 is 46.7 Å². The topological polar surface area (TPSA) is 61.9 Å². The first-order valence-corrected chi connectivity index (χ1v) is 11.9. The van der Waals surface area contributed by atoms with Crippen molar-refractivity contribution in [1.29, 1.82) is 0 Å². The summed E-state index contributed by atoms with van der Waals surface area (Å²) in [6.07, 6.45) is 0. The van der Waals surface area contributed by atoms with Gasteiger partial charge in [0.25, 0.3) is 5.91 Å². The summed E-state index contributed by atoms with van der Waals surface area (Å²) in [5, 5.41) is 3.54. The van der Waals surface area contributed by atoms with Gasteiger partial charge >= 0.3 is 6.03 Å². The summed E-state index contributed by atoms with van der Waals surface area (Å²) in [5.41, 5.74) is 3.03. The number of ether oxygens (including phenoxy) is 1. The van der Waals surface area contributed by atoms with E-state index in [1.54, 1.807) is 16.9 Å². The molecule has 0 saturated carbocycles. The molecule has 0 radical (unpaired) electrons. The number of amides is 3. The molecule has 1 atom stereocenters. The largest absolute Gasteiger partial charge is 0.497 e. The number of halogens is 1. The molecular formula is C25H22ClN3O3S. The minimum atomic E-state index is -1.16. The van der Waals surface area contributed by atoms with E-state index in [4.69, 9.17) is 16.3 Å². The van der Waals surface area contributed by atoms with Gasteiger partial charge in [-0.05, 0) is 42.0 Å². The fourth-order valence-corrected chi connectivity index (χ4v) is 6.04. The Hall–Kier alpha value is -3.16. The first-order chi connectivity index (χ1) is 16.0. The molecule has 33 heavy (non-hydrogen) atoms. The van der Waals surface area contributed by atoms with Gasteiger partial charge in [-0.1, -0.05) is 48.0 Å². The quantitative estimate of drug-likeness (QED) is 0.549. The molecule has 0 aromatic heterocycles. The summed E-state index contributed by atoms with van der Waals surface area (Å²) in [7, 11) is 1.59. The minimum absolute atomic E-state index is 0.156. The van der Waals surface area contributed by atoms with E-state index < -0.39 is 4.87 Å². The van der Waals surface area contributed by atoms with Crippen LogP contribution in [0.3, 0.4) is 0 Å². The van der Waals surface area contributed by atoms with Gasteiger partial charge in [-0.3, -0.25) is 9.69 Å². The van der Waals surface area contributed by atoms with E-state index in [1.165, 1.54) is 11.8 Å². The van der Waals surface area contributed by atoms with E-state index in [0.29, 0.717) is 35.3 Å². The average Bonchev–Trinajstić information content (AvgIpc) is 3.38. The zero-order chi connectivity index (χ0) is 23.0. The molecule has 3 amide bonds. The van der Waals surface area contributed by atoms with Crippen LogP contribution in [0.15, 0.2) is 72.8 Å². The SMILES string of the molecule is COc1ccc2c(c1)C1(SCCN1C(=O)Nc1ccccc1)C(=O)N2Cc1ccccc1Cl. The van der Waals surface area contributed by atoms with E-state index in [0.717, 1.165) is 16.8 Å². The lowest BCUT2D eigenvalue weighted by molar-refractivity contribution is -0.123. The smallest absolute Gasteiger partial charge is 0.323 e. The van der Waals surface area contributed by atoms with Crippen LogP contribution in [0.5, 0.6) is 5.75 Å². The summed E-state index contributed by atoms with van der Waals surface area (Å²) in [5.74, 6) is 1.12. The van der Waals surface area contributed by atoms with Crippen molar-refractivity contribution in [2.75, 3.05) is 29.6 Å². The first-order valence-electron chi connectivity index (χ1n) is 10.6. The van der Waals surface area contributed by atoms with Gasteiger partial charge < -0.3 is 15.0 Å². The van der Waals surface area contributed by atoms with Gasteiger partial charge in [-0.25, -0.2) is 4.79 Å². The number of carbonyl (C=O) groups is 2. The van der Waals surface area contributed by atoms with E-state index >= 15 is 0 Å². The van der Waals surface area contributed by atoms with Crippen LogP contribution in [0.2, 0.25) is 5.02 Å². The first kappa shape index (κ1) is 21.7. The number of para-hydroxylation sites is 1. The average molecular weight is 480 g/mol. The van der Waals surface area contributed by atoms with Crippen LogP contribution >= 0.6 is 23.4 Å². The van der Waals surface area contributed by atoms with Crippen LogP contribution in [0, 0.1) is 0 Å². The maximum Gasteiger partial charge on any atom is 0.323 e. The molecule has 168 valence electrons. The molecule has 6 nitrogen and oxygen atoms in total. The maximum atomic E-state index is 14.1. The van der Waals surface area contributed by atoms with Crippen LogP contribution in [0.25, 0.3) is 0 Å². The molecule has 1 spiro atoms. The van der Waals surface area contributed by atoms with Gasteiger partial charge in [-0.15, -0.1) is 11.8 Å². The molecule has 8 heteroatoms. The van der Waals surface area contributed by atoms with E-state index in [2.05, 4.69) is 5.32 Å². The van der Waals surface area contributed by atoms with Crippen LogP contribution in [-0.2, 0) is 16.2 Å². The number of nitrogens with one attached hydrogen (secondary N) is 1. The Labute approximate surface area is 201 Å². The predicted octanol–water partition coefficient (Wildman–Crippen LogP) is 5.33. The van der Waals surface area contributed by atoms with Crippen molar-refractivity contribution in [1.82, 2.24) is 4.90 Å². The Morgan fingerprint density at radius 2 is 1.88 bits per heavy atom. The van der Waals surface area contributed by atoms with Gasteiger partial charge in [0.1, 0.15) is 5.75 Å². The molecule has 1 fully saturated rings. The Kier molecular flexibility index (Phi) is 5.68. The van der Waals surface area contributed by atoms with Crippen molar-refractivity contribution in [3.8, 4) is 5.75 Å². The number of hydrogen-bond donors (Lipinski definition) is 1. The lowest BCUT2D eigenvalue weighted by Gasteiger charge is -2.33. The number of methoxy groups -OCH3 is 1. The third-order valence-corrected chi connectivity index (χ3v) is 7.75. The normalized spacial score (nSPS) is 19.2. The van der Waals surface area contributed by atoms with Gasteiger partial charge in [0.2, 0.25) is 0 Å². The van der Waals surface area contributed by atoms with E-state index in [9.17, 15) is 9.59 Å². The molecule has 2 heterocycles. The Bertz CT molecular complexity index is 1220. The second kappa shape index (κ2) is 8.65. The molecule has 0 bridgehead atoms. The standard InChI is InChI=1S/C25H22ClN3O3S/c1-32-19-11-12-22-20(15-19)25(23(30)28(22)16-17-7-5-6-10-21(17)26)29(13-14-33-25)24(31)27-18-8-3-2-4-9-18/h2-12,15H,13-14,16H2,1H3,(H,27,31). The van der Waals surface area contributed by atoms with Gasteiger partial charge in [0.05, 0.1) is 19.3 Å². The number of thioether (sulfide) groups is 1. The number of carbonyl (C=O) groups excluding carboxylic acids is 2. The van der Waals surface area contributed by atoms with Crippen LogP contribution < -0.4 is 15.0 Å². The molecule has 2 aliphatic heterocycles. The fraction of sp³-hybridized carbons (Fsp3) is 0.200. The summed E-state index contributed by atoms with van der Waals surface area (Å²) >= 11 is 7.88. The molecule has 5 rings (SSSR count). The van der Waals surface area contributed by atoms with Crippen molar-refractivity contribution in [3.05, 3.63) is 88.9 Å². The van der Waals surface area contributed by atoms with Crippen molar-refractivity contribution < 1.29 is 14.3 Å². The van der Waals surface area contributed by atoms with Crippen LogP contribution in [0.4, 0.5) is 16.2 Å². The summed E-state index contributed by atoms with van der Waals surface area (Å²) in [6.45, 7) is 0.764. The summed E-state index contributed by atoms with van der Waals surface area (Å²) in [6, 6.07) is 22.0. The highest BCUT2D eigenvalue weighted by atomic mass is 35.5. The fourth-order valence-electron chi connectivity index (χ4n) is 4.39. The number of hydrogen-bond acceptors (Lipinski definition) is 4.